The number of hydrogen-bond acceptors (Lipinski definition) is 6. The molecular formula is C19H18ClN3O5S. The molecule has 2 fully saturated rings. The summed E-state index contributed by atoms with van der Waals surface area (Å²) in [5.74, 6) is -1.05. The zero-order valence-corrected chi connectivity index (χ0v) is 16.7. The lowest BCUT2D eigenvalue weighted by Gasteiger charge is -2.27. The molecule has 0 bridgehead atoms. The van der Waals surface area contributed by atoms with E-state index in [1.165, 1.54) is 21.1 Å². The van der Waals surface area contributed by atoms with Crippen LogP contribution in [-0.4, -0.2) is 56.8 Å². The monoisotopic (exact) mass is 437 g/mol. The molecular weight excluding hydrogens is 418 g/mol. The summed E-state index contributed by atoms with van der Waals surface area (Å²) in [7, 11) is 0. The maximum atomic E-state index is 12.3. The van der Waals surface area contributed by atoms with E-state index in [-0.39, 0.29) is 32.1 Å². The summed E-state index contributed by atoms with van der Waals surface area (Å²) in [6, 6.07) is 9.85. The number of halogens is 1. The molecule has 1 aromatic carbocycles. The topological polar surface area (TPSA) is 88.2 Å². The third-order valence-corrected chi connectivity index (χ3v) is 5.69. The standard InChI is InChI=1S/C19H18ClN3O5S/c20-16-6-5-15(29-16)18(25)21-9-14-10-23(19(26)28-14)13-3-1-12(2-4-13)22-7-8-27-11-17(22)24/h1-6,14H,7-11H2,(H,21,25)/t14-/m0/s1/i11D2. The first-order valence-corrected chi connectivity index (χ1v) is 10.0. The Bertz CT molecular complexity index is 1020. The summed E-state index contributed by atoms with van der Waals surface area (Å²) in [4.78, 5) is 39.8. The highest BCUT2D eigenvalue weighted by Gasteiger charge is 2.33. The quantitative estimate of drug-likeness (QED) is 0.776. The van der Waals surface area contributed by atoms with Crippen molar-refractivity contribution in [2.75, 3.05) is 42.6 Å². The predicted octanol–water partition coefficient (Wildman–Crippen LogP) is 2.52. The van der Waals surface area contributed by atoms with Gasteiger partial charge in [-0.05, 0) is 36.4 Å². The normalized spacial score (nSPS) is 22.2. The van der Waals surface area contributed by atoms with Crippen LogP contribution in [-0.2, 0) is 14.3 Å². The van der Waals surface area contributed by atoms with Crippen molar-refractivity contribution in [2.45, 2.75) is 6.10 Å². The molecule has 2 aromatic rings. The number of nitrogens with one attached hydrogen (secondary N) is 1. The largest absolute Gasteiger partial charge is 0.442 e. The highest BCUT2D eigenvalue weighted by atomic mass is 35.5. The molecule has 2 saturated heterocycles. The number of thiophene rings is 1. The Hall–Kier alpha value is -2.62. The molecule has 8 nitrogen and oxygen atoms in total. The van der Waals surface area contributed by atoms with Crippen LogP contribution in [0, 0.1) is 0 Å². The SMILES string of the molecule is [2H]C1([2H])OCCN(c2ccc(N3C[C@H](CNC(=O)c4ccc(Cl)s4)OC3=O)cc2)C1=O. The number of morpholine rings is 1. The maximum absolute atomic E-state index is 12.3. The van der Waals surface area contributed by atoms with E-state index in [0.29, 0.717) is 20.6 Å². The van der Waals surface area contributed by atoms with E-state index in [1.807, 2.05) is 0 Å². The smallest absolute Gasteiger partial charge is 0.414 e. The highest BCUT2D eigenvalue weighted by molar-refractivity contribution is 7.18. The third-order valence-electron chi connectivity index (χ3n) is 4.46. The van der Waals surface area contributed by atoms with Crippen LogP contribution in [0.4, 0.5) is 16.2 Å². The van der Waals surface area contributed by atoms with Crippen molar-refractivity contribution in [3.8, 4) is 0 Å². The molecule has 0 aliphatic carbocycles. The van der Waals surface area contributed by atoms with Crippen LogP contribution in [0.5, 0.6) is 0 Å². The zero-order valence-electron chi connectivity index (χ0n) is 17.1. The highest BCUT2D eigenvalue weighted by Crippen LogP contribution is 2.26. The summed E-state index contributed by atoms with van der Waals surface area (Å²) >= 11 is 7.00. The Labute approximate surface area is 178 Å². The molecule has 0 unspecified atom stereocenters. The van der Waals surface area contributed by atoms with Gasteiger partial charge in [0.25, 0.3) is 11.8 Å². The van der Waals surface area contributed by atoms with Crippen LogP contribution in [0.15, 0.2) is 36.4 Å². The van der Waals surface area contributed by atoms with Crippen molar-refractivity contribution in [1.82, 2.24) is 5.32 Å². The number of anilines is 2. The van der Waals surface area contributed by atoms with E-state index < -0.39 is 24.7 Å². The van der Waals surface area contributed by atoms with Gasteiger partial charge >= 0.3 is 6.09 Å². The number of hydrogen-bond donors (Lipinski definition) is 1. The van der Waals surface area contributed by atoms with Gasteiger partial charge in [-0.1, -0.05) is 11.6 Å². The van der Waals surface area contributed by atoms with Gasteiger partial charge in [0.1, 0.15) is 12.7 Å². The fraction of sp³-hybridized carbons (Fsp3) is 0.316. The molecule has 1 N–H and O–H groups in total. The van der Waals surface area contributed by atoms with Crippen LogP contribution in [0.25, 0.3) is 0 Å². The molecule has 10 heteroatoms. The zero-order chi connectivity index (χ0) is 22.2. The van der Waals surface area contributed by atoms with E-state index in [9.17, 15) is 14.4 Å². The van der Waals surface area contributed by atoms with E-state index in [1.54, 1.807) is 36.4 Å². The van der Waals surface area contributed by atoms with Crippen molar-refractivity contribution < 1.29 is 26.6 Å². The molecule has 1 atom stereocenters. The van der Waals surface area contributed by atoms with Crippen molar-refractivity contribution in [3.05, 3.63) is 45.6 Å². The van der Waals surface area contributed by atoms with Crippen LogP contribution in [0.1, 0.15) is 12.4 Å². The Morgan fingerprint density at radius 3 is 2.62 bits per heavy atom. The number of nitrogens with zero attached hydrogens (tertiary/aromatic N) is 2. The number of rotatable bonds is 5. The number of cyclic esters (lactones) is 1. The van der Waals surface area contributed by atoms with Crippen molar-refractivity contribution >= 4 is 52.2 Å². The minimum atomic E-state index is -2.36. The third kappa shape index (κ3) is 4.36. The van der Waals surface area contributed by atoms with Gasteiger partial charge in [-0.2, -0.15) is 0 Å². The van der Waals surface area contributed by atoms with Crippen LogP contribution in [0.3, 0.4) is 0 Å². The fourth-order valence-electron chi connectivity index (χ4n) is 3.03. The first kappa shape index (κ1) is 17.3. The molecule has 3 heterocycles. The Kier molecular flexibility index (Phi) is 5.00. The minimum absolute atomic E-state index is 0.0873. The molecule has 2 aliphatic heterocycles. The predicted molar refractivity (Wildman–Crippen MR) is 109 cm³/mol. The first-order valence-electron chi connectivity index (χ1n) is 9.82. The lowest BCUT2D eigenvalue weighted by molar-refractivity contribution is -0.125. The number of amides is 3. The molecule has 152 valence electrons. The molecule has 1 aromatic heterocycles. The molecule has 2 aliphatic rings. The summed E-state index contributed by atoms with van der Waals surface area (Å²) in [6.45, 7) is -1.62. The number of benzene rings is 1. The fourth-order valence-corrected chi connectivity index (χ4v) is 3.99. The van der Waals surface area contributed by atoms with Gasteiger partial charge in [0.2, 0.25) is 0 Å². The second kappa shape index (κ2) is 8.40. The van der Waals surface area contributed by atoms with E-state index >= 15 is 0 Å². The van der Waals surface area contributed by atoms with Gasteiger partial charge in [0.05, 0.1) is 31.7 Å². The summed E-state index contributed by atoms with van der Waals surface area (Å²) < 4.78 is 25.9. The maximum Gasteiger partial charge on any atom is 0.414 e. The van der Waals surface area contributed by atoms with Gasteiger partial charge in [0, 0.05) is 17.9 Å². The van der Waals surface area contributed by atoms with Crippen molar-refractivity contribution in [1.29, 1.82) is 0 Å². The second-order valence-electron chi connectivity index (χ2n) is 6.35. The van der Waals surface area contributed by atoms with Gasteiger partial charge in [-0.25, -0.2) is 4.79 Å². The molecule has 3 amide bonds. The van der Waals surface area contributed by atoms with Crippen LogP contribution >= 0.6 is 22.9 Å². The Balaban J connectivity index is 1.37. The summed E-state index contributed by atoms with van der Waals surface area (Å²) in [5, 5.41) is 2.73. The number of carbonyl (C=O) groups is 3. The van der Waals surface area contributed by atoms with Crippen molar-refractivity contribution in [3.63, 3.8) is 0 Å². The van der Waals surface area contributed by atoms with Crippen LogP contribution < -0.4 is 15.1 Å². The van der Waals surface area contributed by atoms with Crippen LogP contribution in [0.2, 0.25) is 4.34 Å². The average Bonchev–Trinajstić information content (AvgIpc) is 3.34. The average molecular weight is 438 g/mol. The molecule has 29 heavy (non-hydrogen) atoms. The number of carbonyl (C=O) groups excluding carboxylic acids is 3. The van der Waals surface area contributed by atoms with E-state index in [2.05, 4.69) is 5.32 Å². The van der Waals surface area contributed by atoms with Crippen molar-refractivity contribution in [2.24, 2.45) is 0 Å². The van der Waals surface area contributed by atoms with Gasteiger partial charge in [-0.3, -0.25) is 14.5 Å². The lowest BCUT2D eigenvalue weighted by Crippen LogP contribution is -2.41. The minimum Gasteiger partial charge on any atom is -0.442 e. The molecule has 0 radical (unpaired) electrons. The Morgan fingerprint density at radius 2 is 1.93 bits per heavy atom. The molecule has 4 rings (SSSR count). The van der Waals surface area contributed by atoms with Gasteiger partial charge in [-0.15, -0.1) is 11.3 Å². The molecule has 0 saturated carbocycles. The summed E-state index contributed by atoms with van der Waals surface area (Å²) in [5.41, 5.74) is 1.07. The molecule has 0 spiro atoms. The van der Waals surface area contributed by atoms with E-state index in [0.717, 1.165) is 0 Å². The summed E-state index contributed by atoms with van der Waals surface area (Å²) in [6.07, 6.45) is -1.05. The first-order chi connectivity index (χ1) is 14.7. The number of ether oxygens (including phenoxy) is 2. The lowest BCUT2D eigenvalue weighted by atomic mass is 10.2. The Morgan fingerprint density at radius 1 is 1.21 bits per heavy atom. The second-order valence-corrected chi connectivity index (χ2v) is 8.07. The van der Waals surface area contributed by atoms with E-state index in [4.69, 9.17) is 23.8 Å². The van der Waals surface area contributed by atoms with Gasteiger partial charge in [0.15, 0.2) is 0 Å². The van der Waals surface area contributed by atoms with Gasteiger partial charge < -0.3 is 19.7 Å².